The molecular weight excluding hydrogens is 214 g/mol. The molecule has 0 radical (unpaired) electrons. The van der Waals surface area contributed by atoms with Crippen LogP contribution < -0.4 is 0 Å². The van der Waals surface area contributed by atoms with E-state index < -0.39 is 0 Å². The van der Waals surface area contributed by atoms with E-state index in [1.54, 1.807) is 7.11 Å². The molecule has 1 rings (SSSR count). The van der Waals surface area contributed by atoms with Gasteiger partial charge >= 0.3 is 0 Å². The molecule has 0 aliphatic rings. The number of rotatable bonds is 6. The summed E-state index contributed by atoms with van der Waals surface area (Å²) >= 11 is 6.02. The third kappa shape index (κ3) is 2.92. The minimum absolute atomic E-state index is 0.248. The molecular formula is C10H18ClN3O. The molecule has 1 aromatic rings. The van der Waals surface area contributed by atoms with Crippen molar-refractivity contribution in [2.45, 2.75) is 39.2 Å². The first-order valence-electron chi connectivity index (χ1n) is 5.32. The van der Waals surface area contributed by atoms with Crippen molar-refractivity contribution in [3.8, 4) is 0 Å². The maximum Gasteiger partial charge on any atom is 0.225 e. The SMILES string of the molecule is CCCC(COC)n1c(Cl)nnc1CC. The van der Waals surface area contributed by atoms with Gasteiger partial charge in [-0.05, 0) is 18.0 Å². The monoisotopic (exact) mass is 231 g/mol. The number of nitrogens with zero attached hydrogens (tertiary/aromatic N) is 3. The molecule has 1 heterocycles. The highest BCUT2D eigenvalue weighted by atomic mass is 35.5. The van der Waals surface area contributed by atoms with E-state index in [4.69, 9.17) is 16.3 Å². The number of aryl methyl sites for hydroxylation is 1. The van der Waals surface area contributed by atoms with Crippen molar-refractivity contribution in [2.75, 3.05) is 13.7 Å². The molecule has 86 valence electrons. The molecule has 5 heteroatoms. The first-order chi connectivity index (χ1) is 7.24. The maximum absolute atomic E-state index is 6.02. The van der Waals surface area contributed by atoms with Gasteiger partial charge in [0.2, 0.25) is 5.28 Å². The van der Waals surface area contributed by atoms with Gasteiger partial charge in [0.25, 0.3) is 0 Å². The van der Waals surface area contributed by atoms with Gasteiger partial charge in [-0.25, -0.2) is 0 Å². The van der Waals surface area contributed by atoms with E-state index in [0.717, 1.165) is 25.1 Å². The Kier molecular flexibility index (Phi) is 5.05. The Bertz CT molecular complexity index is 295. The zero-order valence-electron chi connectivity index (χ0n) is 9.53. The average molecular weight is 232 g/mol. The molecule has 1 unspecified atom stereocenters. The number of hydrogen-bond donors (Lipinski definition) is 0. The molecule has 0 amide bonds. The van der Waals surface area contributed by atoms with Crippen molar-refractivity contribution in [3.63, 3.8) is 0 Å². The van der Waals surface area contributed by atoms with Crippen LogP contribution in [-0.2, 0) is 11.2 Å². The van der Waals surface area contributed by atoms with Crippen LogP contribution in [0.3, 0.4) is 0 Å². The van der Waals surface area contributed by atoms with Crippen LogP contribution in [-0.4, -0.2) is 28.5 Å². The molecule has 1 atom stereocenters. The van der Waals surface area contributed by atoms with Crippen molar-refractivity contribution < 1.29 is 4.74 Å². The van der Waals surface area contributed by atoms with Gasteiger partial charge in [-0.2, -0.15) is 0 Å². The summed E-state index contributed by atoms with van der Waals surface area (Å²) in [4.78, 5) is 0. The van der Waals surface area contributed by atoms with Crippen LogP contribution in [0.1, 0.15) is 38.6 Å². The summed E-state index contributed by atoms with van der Waals surface area (Å²) in [5.41, 5.74) is 0. The highest BCUT2D eigenvalue weighted by Crippen LogP contribution is 2.21. The Balaban J connectivity index is 2.92. The molecule has 0 saturated carbocycles. The largest absolute Gasteiger partial charge is 0.383 e. The van der Waals surface area contributed by atoms with Crippen LogP contribution in [0.5, 0.6) is 0 Å². The summed E-state index contributed by atoms with van der Waals surface area (Å²) < 4.78 is 7.18. The topological polar surface area (TPSA) is 39.9 Å². The van der Waals surface area contributed by atoms with Crippen LogP contribution >= 0.6 is 11.6 Å². The average Bonchev–Trinajstić information content (AvgIpc) is 2.59. The molecule has 4 nitrogen and oxygen atoms in total. The minimum Gasteiger partial charge on any atom is -0.383 e. The van der Waals surface area contributed by atoms with Crippen LogP contribution in [0.25, 0.3) is 0 Å². The Morgan fingerprint density at radius 1 is 1.40 bits per heavy atom. The molecule has 0 fully saturated rings. The molecule has 0 N–H and O–H groups in total. The van der Waals surface area contributed by atoms with Crippen molar-refractivity contribution in [1.29, 1.82) is 0 Å². The highest BCUT2D eigenvalue weighted by Gasteiger charge is 2.17. The second-order valence-electron chi connectivity index (χ2n) is 3.51. The van der Waals surface area contributed by atoms with Crippen molar-refractivity contribution in [2.24, 2.45) is 0 Å². The van der Waals surface area contributed by atoms with Crippen LogP contribution in [0.15, 0.2) is 0 Å². The van der Waals surface area contributed by atoms with Crippen molar-refractivity contribution in [3.05, 3.63) is 11.1 Å². The van der Waals surface area contributed by atoms with E-state index in [9.17, 15) is 0 Å². The number of aromatic nitrogens is 3. The van der Waals surface area contributed by atoms with Gasteiger partial charge in [-0.1, -0.05) is 20.3 Å². The summed E-state index contributed by atoms with van der Waals surface area (Å²) in [5.74, 6) is 0.926. The lowest BCUT2D eigenvalue weighted by Gasteiger charge is -2.19. The van der Waals surface area contributed by atoms with Gasteiger partial charge in [0, 0.05) is 13.5 Å². The Labute approximate surface area is 95.6 Å². The number of methoxy groups -OCH3 is 1. The van der Waals surface area contributed by atoms with Crippen LogP contribution in [0.4, 0.5) is 0 Å². The van der Waals surface area contributed by atoms with E-state index in [0.29, 0.717) is 11.9 Å². The third-order valence-corrected chi connectivity index (χ3v) is 2.64. The summed E-state index contributed by atoms with van der Waals surface area (Å²) in [6.07, 6.45) is 2.95. The minimum atomic E-state index is 0.248. The molecule has 15 heavy (non-hydrogen) atoms. The fourth-order valence-corrected chi connectivity index (χ4v) is 1.99. The van der Waals surface area contributed by atoms with E-state index in [-0.39, 0.29) is 6.04 Å². The molecule has 0 spiro atoms. The lowest BCUT2D eigenvalue weighted by atomic mass is 10.1. The highest BCUT2D eigenvalue weighted by molar-refractivity contribution is 6.28. The summed E-state index contributed by atoms with van der Waals surface area (Å²) in [6.45, 7) is 4.85. The number of ether oxygens (including phenoxy) is 1. The lowest BCUT2D eigenvalue weighted by Crippen LogP contribution is -2.17. The quantitative estimate of drug-likeness (QED) is 0.755. The Hall–Kier alpha value is -0.610. The Morgan fingerprint density at radius 2 is 2.13 bits per heavy atom. The summed E-state index contributed by atoms with van der Waals surface area (Å²) in [5, 5.41) is 8.40. The van der Waals surface area contributed by atoms with E-state index >= 15 is 0 Å². The lowest BCUT2D eigenvalue weighted by molar-refractivity contribution is 0.149. The third-order valence-electron chi connectivity index (χ3n) is 2.39. The van der Waals surface area contributed by atoms with Crippen LogP contribution in [0, 0.1) is 0 Å². The van der Waals surface area contributed by atoms with E-state index in [1.807, 2.05) is 11.5 Å². The first kappa shape index (κ1) is 12.5. The van der Waals surface area contributed by atoms with Gasteiger partial charge in [-0.15, -0.1) is 10.2 Å². The molecule has 0 saturated heterocycles. The van der Waals surface area contributed by atoms with Gasteiger partial charge in [0.1, 0.15) is 5.82 Å². The molecule has 0 aromatic carbocycles. The molecule has 0 aliphatic heterocycles. The van der Waals surface area contributed by atoms with Gasteiger partial charge in [0.05, 0.1) is 12.6 Å². The van der Waals surface area contributed by atoms with Gasteiger partial charge in [-0.3, -0.25) is 4.57 Å². The smallest absolute Gasteiger partial charge is 0.225 e. The molecule has 0 aliphatic carbocycles. The van der Waals surface area contributed by atoms with Gasteiger partial charge in [0.15, 0.2) is 0 Å². The first-order valence-corrected chi connectivity index (χ1v) is 5.70. The summed E-state index contributed by atoms with van der Waals surface area (Å²) in [6, 6.07) is 0.248. The van der Waals surface area contributed by atoms with Crippen LogP contribution in [0.2, 0.25) is 5.28 Å². The molecule has 0 bridgehead atoms. The number of halogens is 1. The van der Waals surface area contributed by atoms with Crippen molar-refractivity contribution in [1.82, 2.24) is 14.8 Å². The second kappa shape index (κ2) is 6.08. The predicted octanol–water partition coefficient (Wildman–Crippen LogP) is 2.48. The number of hydrogen-bond acceptors (Lipinski definition) is 3. The normalized spacial score (nSPS) is 13.1. The van der Waals surface area contributed by atoms with Gasteiger partial charge < -0.3 is 4.74 Å². The zero-order chi connectivity index (χ0) is 11.3. The fraction of sp³-hybridized carbons (Fsp3) is 0.800. The molecule has 1 aromatic heterocycles. The zero-order valence-corrected chi connectivity index (χ0v) is 10.3. The predicted molar refractivity (Wildman–Crippen MR) is 60.2 cm³/mol. The van der Waals surface area contributed by atoms with E-state index in [1.165, 1.54) is 0 Å². The standard InChI is InChI=1S/C10H18ClN3O/c1-4-6-8(7-15-3)14-9(5-2)12-13-10(14)11/h8H,4-7H2,1-3H3. The fourth-order valence-electron chi connectivity index (χ4n) is 1.72. The summed E-state index contributed by atoms with van der Waals surface area (Å²) in [7, 11) is 1.70. The van der Waals surface area contributed by atoms with Crippen molar-refractivity contribution >= 4 is 11.6 Å². The second-order valence-corrected chi connectivity index (χ2v) is 3.84. The Morgan fingerprint density at radius 3 is 2.67 bits per heavy atom. The maximum atomic E-state index is 6.02. The van der Waals surface area contributed by atoms with E-state index in [2.05, 4.69) is 17.1 Å².